The Kier molecular flexibility index (Phi) is 3.40. The molecule has 2 N–H and O–H groups in total. The lowest BCUT2D eigenvalue weighted by atomic mass is 10.1. The maximum Gasteiger partial charge on any atom is 0.174 e. The van der Waals surface area contributed by atoms with E-state index in [1.54, 1.807) is 12.1 Å². The van der Waals surface area contributed by atoms with Crippen LogP contribution in [0.5, 0.6) is 0 Å². The molecular formula is C16H13BrFN2+. The Morgan fingerprint density at radius 1 is 1.05 bits per heavy atom. The molecule has 2 aromatic carbocycles. The summed E-state index contributed by atoms with van der Waals surface area (Å²) in [5.41, 5.74) is 7.56. The molecule has 0 aliphatic heterocycles. The monoisotopic (exact) mass is 331 g/mol. The first-order valence-corrected chi connectivity index (χ1v) is 7.04. The van der Waals surface area contributed by atoms with Gasteiger partial charge < -0.3 is 5.73 Å². The molecule has 0 spiro atoms. The van der Waals surface area contributed by atoms with E-state index in [1.807, 2.05) is 41.2 Å². The number of fused-ring (bicyclic) bond motifs is 1. The van der Waals surface area contributed by atoms with Crippen LogP contribution in [-0.2, 0) is 6.54 Å². The summed E-state index contributed by atoms with van der Waals surface area (Å²) >= 11 is 3.62. The first-order chi connectivity index (χ1) is 9.63. The standard InChI is InChI=1S/C16H12BrFN2/c17-16-12(10-20-7-5-14(19)6-8-20)2-1-11-9-13(18)3-4-15(11)16/h1-9,19H,10H2/p+1. The Balaban J connectivity index is 2.02. The van der Waals surface area contributed by atoms with Crippen molar-refractivity contribution in [3.8, 4) is 0 Å². The van der Waals surface area contributed by atoms with Crippen molar-refractivity contribution in [1.82, 2.24) is 0 Å². The molecule has 0 aliphatic rings. The summed E-state index contributed by atoms with van der Waals surface area (Å²) in [7, 11) is 0. The third-order valence-corrected chi connectivity index (χ3v) is 4.20. The molecule has 20 heavy (non-hydrogen) atoms. The fourth-order valence-electron chi connectivity index (χ4n) is 2.20. The summed E-state index contributed by atoms with van der Waals surface area (Å²) in [4.78, 5) is 0. The van der Waals surface area contributed by atoms with Crippen LogP contribution < -0.4 is 10.3 Å². The van der Waals surface area contributed by atoms with Gasteiger partial charge in [0.15, 0.2) is 18.9 Å². The number of anilines is 1. The van der Waals surface area contributed by atoms with Crippen LogP contribution in [0.4, 0.5) is 10.1 Å². The van der Waals surface area contributed by atoms with Crippen molar-refractivity contribution in [3.05, 3.63) is 70.7 Å². The van der Waals surface area contributed by atoms with Gasteiger partial charge in [-0.2, -0.15) is 0 Å². The first kappa shape index (κ1) is 13.1. The van der Waals surface area contributed by atoms with Crippen molar-refractivity contribution in [1.29, 1.82) is 0 Å². The summed E-state index contributed by atoms with van der Waals surface area (Å²) in [5.74, 6) is -0.218. The molecule has 0 atom stereocenters. The van der Waals surface area contributed by atoms with Gasteiger partial charge in [0.2, 0.25) is 0 Å². The highest BCUT2D eigenvalue weighted by atomic mass is 79.9. The molecule has 0 bridgehead atoms. The number of pyridine rings is 1. The minimum absolute atomic E-state index is 0.218. The van der Waals surface area contributed by atoms with E-state index in [9.17, 15) is 4.39 Å². The first-order valence-electron chi connectivity index (χ1n) is 6.25. The van der Waals surface area contributed by atoms with Gasteiger partial charge in [-0.05, 0) is 38.8 Å². The number of hydrogen-bond donors (Lipinski definition) is 1. The molecule has 1 heterocycles. The molecular weight excluding hydrogens is 319 g/mol. The van der Waals surface area contributed by atoms with Crippen LogP contribution in [-0.4, -0.2) is 0 Å². The predicted octanol–water partition coefficient (Wildman–Crippen LogP) is 3.66. The minimum atomic E-state index is -0.218. The van der Waals surface area contributed by atoms with Gasteiger partial charge in [0.05, 0.1) is 0 Å². The highest BCUT2D eigenvalue weighted by molar-refractivity contribution is 9.10. The number of hydrogen-bond acceptors (Lipinski definition) is 1. The molecule has 0 amide bonds. The van der Waals surface area contributed by atoms with E-state index in [4.69, 9.17) is 5.73 Å². The van der Waals surface area contributed by atoms with Gasteiger partial charge in [-0.1, -0.05) is 18.2 Å². The van der Waals surface area contributed by atoms with E-state index in [0.717, 1.165) is 33.0 Å². The van der Waals surface area contributed by atoms with E-state index in [2.05, 4.69) is 15.9 Å². The van der Waals surface area contributed by atoms with Gasteiger partial charge in [-0.25, -0.2) is 8.96 Å². The highest BCUT2D eigenvalue weighted by Gasteiger charge is 2.10. The fourth-order valence-corrected chi connectivity index (χ4v) is 2.82. The van der Waals surface area contributed by atoms with Crippen molar-refractivity contribution < 1.29 is 8.96 Å². The quantitative estimate of drug-likeness (QED) is 0.713. The average Bonchev–Trinajstić information content (AvgIpc) is 2.44. The van der Waals surface area contributed by atoms with Gasteiger partial charge in [-0.15, -0.1) is 0 Å². The molecule has 4 heteroatoms. The second kappa shape index (κ2) is 5.21. The normalized spacial score (nSPS) is 10.9. The SMILES string of the molecule is Nc1cc[n+](Cc2ccc3cc(F)ccc3c2Br)cc1. The Morgan fingerprint density at radius 2 is 1.80 bits per heavy atom. The third kappa shape index (κ3) is 2.51. The van der Waals surface area contributed by atoms with E-state index >= 15 is 0 Å². The number of nitrogen functional groups attached to an aromatic ring is 1. The van der Waals surface area contributed by atoms with Crippen LogP contribution >= 0.6 is 15.9 Å². The Labute approximate surface area is 124 Å². The molecule has 3 rings (SSSR count). The zero-order valence-corrected chi connectivity index (χ0v) is 12.3. The van der Waals surface area contributed by atoms with Crippen LogP contribution in [0.15, 0.2) is 59.3 Å². The highest BCUT2D eigenvalue weighted by Crippen LogP contribution is 2.28. The lowest BCUT2D eigenvalue weighted by molar-refractivity contribution is -0.688. The van der Waals surface area contributed by atoms with Crippen molar-refractivity contribution in [3.63, 3.8) is 0 Å². The van der Waals surface area contributed by atoms with Gasteiger partial charge >= 0.3 is 0 Å². The van der Waals surface area contributed by atoms with Crippen LogP contribution in [0.3, 0.4) is 0 Å². The lowest BCUT2D eigenvalue weighted by Crippen LogP contribution is -2.33. The lowest BCUT2D eigenvalue weighted by Gasteiger charge is -2.06. The van der Waals surface area contributed by atoms with E-state index in [-0.39, 0.29) is 5.82 Å². The topological polar surface area (TPSA) is 29.9 Å². The van der Waals surface area contributed by atoms with Crippen LogP contribution in [0, 0.1) is 5.82 Å². The summed E-state index contributed by atoms with van der Waals surface area (Å²) in [6, 6.07) is 12.5. The second-order valence-corrected chi connectivity index (χ2v) is 5.50. The second-order valence-electron chi connectivity index (χ2n) is 4.71. The molecule has 3 aromatic rings. The zero-order valence-electron chi connectivity index (χ0n) is 10.7. The molecule has 0 saturated heterocycles. The van der Waals surface area contributed by atoms with E-state index in [1.165, 1.54) is 6.07 Å². The van der Waals surface area contributed by atoms with Gasteiger partial charge in [-0.3, -0.25) is 0 Å². The molecule has 100 valence electrons. The number of nitrogens with zero attached hydrogens (tertiary/aromatic N) is 1. The average molecular weight is 332 g/mol. The summed E-state index contributed by atoms with van der Waals surface area (Å²) in [5, 5.41) is 1.91. The number of benzene rings is 2. The number of aromatic nitrogens is 1. The summed E-state index contributed by atoms with van der Waals surface area (Å²) in [6.45, 7) is 0.730. The maximum atomic E-state index is 13.2. The molecule has 2 nitrogen and oxygen atoms in total. The number of rotatable bonds is 2. The number of nitrogens with two attached hydrogens (primary N) is 1. The van der Waals surface area contributed by atoms with Crippen molar-refractivity contribution in [2.24, 2.45) is 0 Å². The smallest absolute Gasteiger partial charge is 0.174 e. The molecule has 0 saturated carbocycles. The van der Waals surface area contributed by atoms with Crippen molar-refractivity contribution in [2.45, 2.75) is 6.54 Å². The van der Waals surface area contributed by atoms with Gasteiger partial charge in [0.25, 0.3) is 0 Å². The molecule has 0 radical (unpaired) electrons. The van der Waals surface area contributed by atoms with Crippen LogP contribution in [0.1, 0.15) is 5.56 Å². The molecule has 0 unspecified atom stereocenters. The Bertz CT molecular complexity index is 769. The minimum Gasteiger partial charge on any atom is -0.398 e. The molecule has 0 fully saturated rings. The van der Waals surface area contributed by atoms with E-state index < -0.39 is 0 Å². The van der Waals surface area contributed by atoms with Crippen LogP contribution in [0.2, 0.25) is 0 Å². The molecule has 0 aliphatic carbocycles. The number of halogens is 2. The molecule has 1 aromatic heterocycles. The van der Waals surface area contributed by atoms with E-state index in [0.29, 0.717) is 0 Å². The van der Waals surface area contributed by atoms with Crippen LogP contribution in [0.25, 0.3) is 10.8 Å². The summed E-state index contributed by atoms with van der Waals surface area (Å²) in [6.07, 6.45) is 3.88. The van der Waals surface area contributed by atoms with Gasteiger partial charge in [0, 0.05) is 27.9 Å². The van der Waals surface area contributed by atoms with Gasteiger partial charge in [0.1, 0.15) is 5.82 Å². The van der Waals surface area contributed by atoms with Crippen molar-refractivity contribution in [2.75, 3.05) is 5.73 Å². The summed E-state index contributed by atoms with van der Waals surface area (Å²) < 4.78 is 16.3. The predicted molar refractivity (Wildman–Crippen MR) is 81.8 cm³/mol. The largest absolute Gasteiger partial charge is 0.398 e. The Hall–Kier alpha value is -1.94. The Morgan fingerprint density at radius 3 is 2.55 bits per heavy atom. The van der Waals surface area contributed by atoms with Crippen molar-refractivity contribution >= 4 is 32.4 Å². The fraction of sp³-hybridized carbons (Fsp3) is 0.0625. The third-order valence-electron chi connectivity index (χ3n) is 3.27. The zero-order chi connectivity index (χ0) is 14.1. The maximum absolute atomic E-state index is 13.2.